The summed E-state index contributed by atoms with van der Waals surface area (Å²) in [7, 11) is 1.74. The molecule has 0 saturated heterocycles. The molecular weight excluding hydrogens is 328 g/mol. The largest absolute Gasteiger partial charge is 0.324 e. The van der Waals surface area contributed by atoms with Gasteiger partial charge in [0.25, 0.3) is 11.5 Å². The quantitative estimate of drug-likeness (QED) is 0.606. The van der Waals surface area contributed by atoms with Gasteiger partial charge >= 0.3 is 0 Å². The van der Waals surface area contributed by atoms with E-state index in [0.29, 0.717) is 28.1 Å². The Morgan fingerprint density at radius 2 is 1.81 bits per heavy atom. The summed E-state index contributed by atoms with van der Waals surface area (Å²) < 4.78 is 3.17. The van der Waals surface area contributed by atoms with Gasteiger partial charge in [-0.2, -0.15) is 0 Å². The first-order chi connectivity index (χ1) is 12.5. The van der Waals surface area contributed by atoms with Gasteiger partial charge in [-0.1, -0.05) is 23.8 Å². The zero-order valence-corrected chi connectivity index (χ0v) is 14.8. The monoisotopic (exact) mass is 346 g/mol. The SMILES string of the molecule is Cc1ccc(NC(=O)c2cc3c(=O)n4cccc(C)c4nc3n2C)cc1. The normalized spacial score (nSPS) is 11.2. The van der Waals surface area contributed by atoms with E-state index in [1.165, 1.54) is 4.40 Å². The summed E-state index contributed by atoms with van der Waals surface area (Å²) in [5.41, 5.74) is 4.02. The van der Waals surface area contributed by atoms with Gasteiger partial charge in [-0.05, 0) is 43.7 Å². The highest BCUT2D eigenvalue weighted by Crippen LogP contribution is 2.18. The molecule has 3 aromatic heterocycles. The minimum Gasteiger partial charge on any atom is -0.324 e. The number of amides is 1. The third-order valence-corrected chi connectivity index (χ3v) is 4.57. The summed E-state index contributed by atoms with van der Waals surface area (Å²) in [6.45, 7) is 3.89. The molecule has 4 aromatic rings. The van der Waals surface area contributed by atoms with Gasteiger partial charge in [0.05, 0.1) is 5.39 Å². The number of fused-ring (bicyclic) bond motifs is 2. The Morgan fingerprint density at radius 1 is 1.08 bits per heavy atom. The third-order valence-electron chi connectivity index (χ3n) is 4.57. The number of rotatable bonds is 2. The van der Waals surface area contributed by atoms with E-state index in [1.54, 1.807) is 23.9 Å². The summed E-state index contributed by atoms with van der Waals surface area (Å²) in [6.07, 6.45) is 1.69. The number of benzene rings is 1. The van der Waals surface area contributed by atoms with E-state index >= 15 is 0 Å². The number of hydrogen-bond donors (Lipinski definition) is 1. The summed E-state index contributed by atoms with van der Waals surface area (Å²) >= 11 is 0. The van der Waals surface area contributed by atoms with Crippen molar-refractivity contribution in [3.05, 3.63) is 75.8 Å². The van der Waals surface area contributed by atoms with Crippen LogP contribution in [0, 0.1) is 13.8 Å². The fraction of sp³-hybridized carbons (Fsp3) is 0.150. The molecule has 1 amide bonds. The molecule has 0 aliphatic heterocycles. The van der Waals surface area contributed by atoms with Crippen LogP contribution in [0.15, 0.2) is 53.5 Å². The fourth-order valence-corrected chi connectivity index (χ4v) is 3.08. The molecule has 0 unspecified atom stereocenters. The summed E-state index contributed by atoms with van der Waals surface area (Å²) in [5, 5.41) is 3.28. The topological polar surface area (TPSA) is 68.4 Å². The number of hydrogen-bond acceptors (Lipinski definition) is 3. The van der Waals surface area contributed by atoms with Gasteiger partial charge in [-0.25, -0.2) is 4.98 Å². The Morgan fingerprint density at radius 3 is 2.54 bits per heavy atom. The van der Waals surface area contributed by atoms with Crippen molar-refractivity contribution < 1.29 is 4.79 Å². The third kappa shape index (κ3) is 2.47. The van der Waals surface area contributed by atoms with Crippen LogP contribution in [0.5, 0.6) is 0 Å². The van der Waals surface area contributed by atoms with Crippen molar-refractivity contribution in [1.29, 1.82) is 0 Å². The first-order valence-corrected chi connectivity index (χ1v) is 8.31. The smallest absolute Gasteiger partial charge is 0.272 e. The summed E-state index contributed by atoms with van der Waals surface area (Å²) in [4.78, 5) is 30.1. The van der Waals surface area contributed by atoms with Gasteiger partial charge < -0.3 is 9.88 Å². The lowest BCUT2D eigenvalue weighted by molar-refractivity contribution is 0.101. The van der Waals surface area contributed by atoms with E-state index < -0.39 is 0 Å². The van der Waals surface area contributed by atoms with Crippen LogP contribution < -0.4 is 10.9 Å². The second-order valence-corrected chi connectivity index (χ2v) is 6.45. The molecule has 1 aromatic carbocycles. The molecule has 0 aliphatic carbocycles. The van der Waals surface area contributed by atoms with Crippen molar-refractivity contribution >= 4 is 28.3 Å². The maximum absolute atomic E-state index is 12.8. The fourth-order valence-electron chi connectivity index (χ4n) is 3.08. The van der Waals surface area contributed by atoms with Gasteiger partial charge in [-0.3, -0.25) is 14.0 Å². The Balaban J connectivity index is 1.85. The Labute approximate surface area is 149 Å². The van der Waals surface area contributed by atoms with E-state index in [-0.39, 0.29) is 11.5 Å². The first-order valence-electron chi connectivity index (χ1n) is 8.31. The number of aromatic nitrogens is 3. The van der Waals surface area contributed by atoms with Crippen LogP contribution in [0.25, 0.3) is 16.7 Å². The van der Waals surface area contributed by atoms with Crippen molar-refractivity contribution in [2.24, 2.45) is 7.05 Å². The van der Waals surface area contributed by atoms with Gasteiger partial charge in [0, 0.05) is 18.9 Å². The molecule has 4 rings (SSSR count). The number of carbonyl (C=O) groups is 1. The molecule has 3 heterocycles. The van der Waals surface area contributed by atoms with E-state index in [4.69, 9.17) is 0 Å². The zero-order valence-electron chi connectivity index (χ0n) is 14.8. The van der Waals surface area contributed by atoms with Crippen LogP contribution in [0.2, 0.25) is 0 Å². The van der Waals surface area contributed by atoms with Crippen LogP contribution in [0.1, 0.15) is 21.6 Å². The van der Waals surface area contributed by atoms with E-state index in [2.05, 4.69) is 10.3 Å². The molecule has 0 aliphatic rings. The standard InChI is InChI=1S/C20H18N4O2/c1-12-6-8-14(9-7-12)21-19(25)16-11-15-18(23(16)3)22-17-13(2)5-4-10-24(17)20(15)26/h4-11H,1-3H3,(H,21,25). The highest BCUT2D eigenvalue weighted by Gasteiger charge is 2.18. The lowest BCUT2D eigenvalue weighted by Gasteiger charge is -2.07. The van der Waals surface area contributed by atoms with Crippen LogP contribution in [0.3, 0.4) is 0 Å². The highest BCUT2D eigenvalue weighted by molar-refractivity contribution is 6.06. The maximum atomic E-state index is 12.8. The van der Waals surface area contributed by atoms with Gasteiger partial charge in [-0.15, -0.1) is 0 Å². The van der Waals surface area contributed by atoms with Gasteiger partial charge in [0.1, 0.15) is 17.0 Å². The minimum atomic E-state index is -0.278. The predicted octanol–water partition coefficient (Wildman–Crippen LogP) is 3.06. The number of pyridine rings is 1. The highest BCUT2D eigenvalue weighted by atomic mass is 16.2. The van der Waals surface area contributed by atoms with Crippen LogP contribution in [-0.2, 0) is 7.05 Å². The minimum absolute atomic E-state index is 0.182. The molecular formula is C20H18N4O2. The number of nitrogens with zero attached hydrogens (tertiary/aromatic N) is 3. The molecule has 6 heteroatoms. The van der Waals surface area contributed by atoms with Crippen molar-refractivity contribution in [2.45, 2.75) is 13.8 Å². The molecule has 26 heavy (non-hydrogen) atoms. The lowest BCUT2D eigenvalue weighted by Crippen LogP contribution is -2.16. The second kappa shape index (κ2) is 5.84. The molecule has 0 atom stereocenters. The number of carbonyl (C=O) groups excluding carboxylic acids is 1. The molecule has 0 fully saturated rings. The molecule has 1 N–H and O–H groups in total. The molecule has 0 bridgehead atoms. The second-order valence-electron chi connectivity index (χ2n) is 6.45. The van der Waals surface area contributed by atoms with E-state index in [0.717, 1.165) is 11.1 Å². The lowest BCUT2D eigenvalue weighted by atomic mass is 10.2. The van der Waals surface area contributed by atoms with Gasteiger partial charge in [0.15, 0.2) is 0 Å². The number of aryl methyl sites for hydroxylation is 3. The van der Waals surface area contributed by atoms with Crippen molar-refractivity contribution in [1.82, 2.24) is 14.0 Å². The summed E-state index contributed by atoms with van der Waals surface area (Å²) in [5.74, 6) is -0.278. The zero-order chi connectivity index (χ0) is 18.4. The van der Waals surface area contributed by atoms with Crippen molar-refractivity contribution in [3.63, 3.8) is 0 Å². The average molecular weight is 346 g/mol. The Hall–Kier alpha value is -3.41. The maximum Gasteiger partial charge on any atom is 0.272 e. The van der Waals surface area contributed by atoms with Crippen LogP contribution >= 0.6 is 0 Å². The van der Waals surface area contributed by atoms with E-state index in [1.807, 2.05) is 50.2 Å². The van der Waals surface area contributed by atoms with Crippen LogP contribution in [0.4, 0.5) is 5.69 Å². The molecule has 130 valence electrons. The Kier molecular flexibility index (Phi) is 3.61. The Bertz CT molecular complexity index is 1220. The number of anilines is 1. The van der Waals surface area contributed by atoms with Crippen molar-refractivity contribution in [3.8, 4) is 0 Å². The number of nitrogens with one attached hydrogen (secondary N) is 1. The first kappa shape index (κ1) is 16.1. The molecule has 0 saturated carbocycles. The summed E-state index contributed by atoms with van der Waals surface area (Å²) in [6, 6.07) is 12.9. The van der Waals surface area contributed by atoms with Crippen molar-refractivity contribution in [2.75, 3.05) is 5.32 Å². The molecule has 6 nitrogen and oxygen atoms in total. The molecule has 0 radical (unpaired) electrons. The van der Waals surface area contributed by atoms with E-state index in [9.17, 15) is 9.59 Å². The van der Waals surface area contributed by atoms with Gasteiger partial charge in [0.2, 0.25) is 0 Å². The predicted molar refractivity (Wildman–Crippen MR) is 102 cm³/mol. The average Bonchev–Trinajstić information content (AvgIpc) is 2.96. The molecule has 0 spiro atoms. The van der Waals surface area contributed by atoms with Crippen LogP contribution in [-0.4, -0.2) is 19.9 Å².